The molecule has 0 bridgehead atoms. The van der Waals surface area contributed by atoms with Crippen LogP contribution in [0.15, 0.2) is 42.5 Å². The highest BCUT2D eigenvalue weighted by Gasteiger charge is 2.11. The minimum atomic E-state index is 0.484. The van der Waals surface area contributed by atoms with Crippen LogP contribution in [-0.4, -0.2) is 0 Å². The van der Waals surface area contributed by atoms with E-state index in [0.29, 0.717) is 12.5 Å². The summed E-state index contributed by atoms with van der Waals surface area (Å²) in [5.74, 6) is 2.27. The zero-order valence-electron chi connectivity index (χ0n) is 12.5. The van der Waals surface area contributed by atoms with Gasteiger partial charge >= 0.3 is 0 Å². The third kappa shape index (κ3) is 3.20. The molecule has 1 atom stereocenters. The summed E-state index contributed by atoms with van der Waals surface area (Å²) in [5.41, 5.74) is 9.31. The fraction of sp³-hybridized carbons (Fsp3) is 0.333. The number of rotatable bonds is 5. The molecule has 0 amide bonds. The van der Waals surface area contributed by atoms with Gasteiger partial charge in [0, 0.05) is 12.1 Å². The van der Waals surface area contributed by atoms with Crippen LogP contribution in [0.3, 0.4) is 0 Å². The summed E-state index contributed by atoms with van der Waals surface area (Å²) in [4.78, 5) is 0. The van der Waals surface area contributed by atoms with Gasteiger partial charge in [0.15, 0.2) is 0 Å². The Morgan fingerprint density at radius 2 is 1.85 bits per heavy atom. The molecule has 106 valence electrons. The first-order chi connectivity index (χ1) is 9.65. The fourth-order valence-corrected chi connectivity index (χ4v) is 2.29. The lowest BCUT2D eigenvalue weighted by Crippen LogP contribution is -2.02. The zero-order valence-corrected chi connectivity index (χ0v) is 12.5. The first-order valence-electron chi connectivity index (χ1n) is 7.22. The molecule has 0 heterocycles. The van der Waals surface area contributed by atoms with Crippen molar-refractivity contribution in [3.8, 4) is 11.5 Å². The van der Waals surface area contributed by atoms with Crippen LogP contribution in [0, 0.1) is 6.92 Å². The van der Waals surface area contributed by atoms with Crippen LogP contribution in [-0.2, 0) is 6.54 Å². The third-order valence-electron chi connectivity index (χ3n) is 3.72. The number of hydrogen-bond acceptors (Lipinski definition) is 2. The second kappa shape index (κ2) is 6.58. The van der Waals surface area contributed by atoms with E-state index in [9.17, 15) is 0 Å². The molecule has 2 nitrogen and oxygen atoms in total. The summed E-state index contributed by atoms with van der Waals surface area (Å²) < 4.78 is 6.13. The second-order valence-electron chi connectivity index (χ2n) is 5.26. The normalized spacial score (nSPS) is 12.2. The molecule has 2 aromatic carbocycles. The van der Waals surface area contributed by atoms with Gasteiger partial charge in [0.25, 0.3) is 0 Å². The molecule has 0 fully saturated rings. The molecule has 0 saturated carbocycles. The Balaban J connectivity index is 2.35. The minimum Gasteiger partial charge on any atom is -0.457 e. The molecule has 0 aliphatic rings. The van der Waals surface area contributed by atoms with E-state index in [4.69, 9.17) is 10.5 Å². The van der Waals surface area contributed by atoms with Gasteiger partial charge in [0.05, 0.1) is 0 Å². The van der Waals surface area contributed by atoms with Crippen LogP contribution >= 0.6 is 0 Å². The van der Waals surface area contributed by atoms with Gasteiger partial charge < -0.3 is 10.5 Å². The second-order valence-corrected chi connectivity index (χ2v) is 5.26. The van der Waals surface area contributed by atoms with Crippen molar-refractivity contribution < 1.29 is 4.74 Å². The molecule has 0 radical (unpaired) electrons. The molecule has 2 heteroatoms. The topological polar surface area (TPSA) is 35.2 Å². The van der Waals surface area contributed by atoms with E-state index in [0.717, 1.165) is 23.5 Å². The van der Waals surface area contributed by atoms with E-state index in [1.54, 1.807) is 0 Å². The van der Waals surface area contributed by atoms with Gasteiger partial charge in [-0.2, -0.15) is 0 Å². The van der Waals surface area contributed by atoms with Gasteiger partial charge in [-0.3, -0.25) is 0 Å². The van der Waals surface area contributed by atoms with Gasteiger partial charge in [-0.05, 0) is 37.0 Å². The predicted octanol–water partition coefficient (Wildman–Crippen LogP) is 4.76. The lowest BCUT2D eigenvalue weighted by atomic mass is 9.98. The predicted molar refractivity (Wildman–Crippen MR) is 84.3 cm³/mol. The molecule has 2 rings (SSSR count). The summed E-state index contributed by atoms with van der Waals surface area (Å²) in [7, 11) is 0. The minimum absolute atomic E-state index is 0.484. The average Bonchev–Trinajstić information content (AvgIpc) is 2.48. The van der Waals surface area contributed by atoms with Crippen molar-refractivity contribution in [3.63, 3.8) is 0 Å². The summed E-state index contributed by atoms with van der Waals surface area (Å²) in [6, 6.07) is 14.4. The van der Waals surface area contributed by atoms with E-state index in [-0.39, 0.29) is 0 Å². The van der Waals surface area contributed by atoms with Crippen molar-refractivity contribution >= 4 is 0 Å². The van der Waals surface area contributed by atoms with Crippen LogP contribution in [0.25, 0.3) is 0 Å². The molecule has 0 aromatic heterocycles. The van der Waals surface area contributed by atoms with E-state index < -0.39 is 0 Å². The third-order valence-corrected chi connectivity index (χ3v) is 3.72. The highest BCUT2D eigenvalue weighted by molar-refractivity contribution is 5.43. The van der Waals surface area contributed by atoms with Crippen molar-refractivity contribution in [1.82, 2.24) is 0 Å². The van der Waals surface area contributed by atoms with Gasteiger partial charge in [0.2, 0.25) is 0 Å². The quantitative estimate of drug-likeness (QED) is 0.849. The summed E-state index contributed by atoms with van der Waals surface area (Å²) in [6.45, 7) is 6.97. The molecule has 0 spiro atoms. The number of ether oxygens (including phenoxy) is 1. The summed E-state index contributed by atoms with van der Waals surface area (Å²) >= 11 is 0. The number of benzene rings is 2. The van der Waals surface area contributed by atoms with E-state index in [1.807, 2.05) is 18.2 Å². The Kier molecular flexibility index (Phi) is 4.80. The molecule has 0 saturated heterocycles. The molecule has 0 aliphatic carbocycles. The molecular formula is C18H23NO. The standard InChI is InChI=1S/C18H23NO/c1-4-14(3)16-7-5-6-8-18(16)20-17-10-9-13(2)11-15(17)12-19/h5-11,14H,4,12,19H2,1-3H3. The highest BCUT2D eigenvalue weighted by atomic mass is 16.5. The van der Waals surface area contributed by atoms with Crippen molar-refractivity contribution in [2.75, 3.05) is 0 Å². The average molecular weight is 269 g/mol. The Morgan fingerprint density at radius 3 is 2.55 bits per heavy atom. The SMILES string of the molecule is CCC(C)c1ccccc1Oc1ccc(C)cc1CN. The van der Waals surface area contributed by atoms with Crippen LogP contribution in [0.5, 0.6) is 11.5 Å². The van der Waals surface area contributed by atoms with Crippen molar-refractivity contribution in [1.29, 1.82) is 0 Å². The molecule has 2 aromatic rings. The number of aryl methyl sites for hydroxylation is 1. The summed E-state index contributed by atoms with van der Waals surface area (Å²) in [6.07, 6.45) is 1.10. The first-order valence-corrected chi connectivity index (χ1v) is 7.22. The van der Waals surface area contributed by atoms with E-state index in [1.165, 1.54) is 11.1 Å². The van der Waals surface area contributed by atoms with Crippen molar-refractivity contribution in [2.24, 2.45) is 5.73 Å². The lowest BCUT2D eigenvalue weighted by molar-refractivity contribution is 0.464. The van der Waals surface area contributed by atoms with E-state index >= 15 is 0 Å². The van der Waals surface area contributed by atoms with Crippen LogP contribution < -0.4 is 10.5 Å². The smallest absolute Gasteiger partial charge is 0.131 e. The van der Waals surface area contributed by atoms with Crippen molar-refractivity contribution in [3.05, 3.63) is 59.2 Å². The van der Waals surface area contributed by atoms with Crippen molar-refractivity contribution in [2.45, 2.75) is 39.7 Å². The maximum atomic E-state index is 6.13. The van der Waals surface area contributed by atoms with Crippen LogP contribution in [0.1, 0.15) is 42.9 Å². The molecule has 0 aliphatic heterocycles. The molecule has 1 unspecified atom stereocenters. The Hall–Kier alpha value is -1.80. The molecular weight excluding hydrogens is 246 g/mol. The van der Waals surface area contributed by atoms with Gasteiger partial charge in [0.1, 0.15) is 11.5 Å². The van der Waals surface area contributed by atoms with Gasteiger partial charge in [-0.1, -0.05) is 49.7 Å². The van der Waals surface area contributed by atoms with Gasteiger partial charge in [-0.15, -0.1) is 0 Å². The Bertz CT molecular complexity index is 577. The highest BCUT2D eigenvalue weighted by Crippen LogP contribution is 2.33. The molecule has 20 heavy (non-hydrogen) atoms. The largest absolute Gasteiger partial charge is 0.457 e. The van der Waals surface area contributed by atoms with Gasteiger partial charge in [-0.25, -0.2) is 0 Å². The Labute approximate surface area is 121 Å². The van der Waals surface area contributed by atoms with Crippen LogP contribution in [0.4, 0.5) is 0 Å². The Morgan fingerprint density at radius 1 is 1.10 bits per heavy atom. The lowest BCUT2D eigenvalue weighted by Gasteiger charge is -2.17. The number of para-hydroxylation sites is 1. The maximum Gasteiger partial charge on any atom is 0.131 e. The number of hydrogen-bond donors (Lipinski definition) is 1. The summed E-state index contributed by atoms with van der Waals surface area (Å²) in [5, 5.41) is 0. The zero-order chi connectivity index (χ0) is 14.5. The fourth-order valence-electron chi connectivity index (χ4n) is 2.29. The van der Waals surface area contributed by atoms with E-state index in [2.05, 4.69) is 45.0 Å². The monoisotopic (exact) mass is 269 g/mol. The maximum absolute atomic E-state index is 6.13. The number of nitrogens with two attached hydrogens (primary N) is 1. The first kappa shape index (κ1) is 14.6. The van der Waals surface area contributed by atoms with Crippen LogP contribution in [0.2, 0.25) is 0 Å². The molecule has 2 N–H and O–H groups in total.